The first-order chi connectivity index (χ1) is 9.70. The minimum atomic E-state index is -0.351. The van der Waals surface area contributed by atoms with Crippen LogP contribution in [0.5, 0.6) is 0 Å². The number of oxime groups is 1. The van der Waals surface area contributed by atoms with E-state index in [-0.39, 0.29) is 11.9 Å². The lowest BCUT2D eigenvalue weighted by Crippen LogP contribution is -2.37. The molecule has 20 heavy (non-hydrogen) atoms. The van der Waals surface area contributed by atoms with Crippen LogP contribution in [0.3, 0.4) is 0 Å². The number of nitrogens with two attached hydrogens (primary N) is 1. The van der Waals surface area contributed by atoms with Gasteiger partial charge in [0.1, 0.15) is 0 Å². The van der Waals surface area contributed by atoms with Gasteiger partial charge in [0.2, 0.25) is 5.96 Å². The monoisotopic (exact) mass is 271 g/mol. The minimum Gasteiger partial charge on any atom is -0.411 e. The third kappa shape index (κ3) is 3.22. The quantitative estimate of drug-likeness (QED) is 0.333. The van der Waals surface area contributed by atoms with Crippen LogP contribution in [0.15, 0.2) is 58.9 Å². The molecule has 0 aliphatic carbocycles. The van der Waals surface area contributed by atoms with Crippen LogP contribution < -0.4 is 11.1 Å². The summed E-state index contributed by atoms with van der Waals surface area (Å²) >= 11 is 0. The molecule has 7 heteroatoms. The first-order valence-electron chi connectivity index (χ1n) is 5.76. The second-order valence-electron chi connectivity index (χ2n) is 3.83. The van der Waals surface area contributed by atoms with Gasteiger partial charge in [-0.1, -0.05) is 23.4 Å². The second kappa shape index (κ2) is 6.19. The Morgan fingerprint density at radius 1 is 1.25 bits per heavy atom. The number of rotatable bonds is 3. The molecule has 7 nitrogen and oxygen atoms in total. The van der Waals surface area contributed by atoms with Crippen LogP contribution in [-0.2, 0) is 0 Å². The average molecular weight is 271 g/mol. The maximum Gasteiger partial charge on any atom is 0.257 e. The summed E-state index contributed by atoms with van der Waals surface area (Å²) < 4.78 is 1.38. The predicted molar refractivity (Wildman–Crippen MR) is 74.7 cm³/mol. The Balaban J connectivity index is 2.11. The van der Waals surface area contributed by atoms with Gasteiger partial charge in [-0.2, -0.15) is 0 Å². The van der Waals surface area contributed by atoms with E-state index in [0.29, 0.717) is 11.3 Å². The number of benzene rings is 1. The van der Waals surface area contributed by atoms with Crippen molar-refractivity contribution in [2.75, 3.05) is 0 Å². The van der Waals surface area contributed by atoms with Crippen LogP contribution in [0.25, 0.3) is 0 Å². The number of aromatic nitrogens is 1. The lowest BCUT2D eigenvalue weighted by Gasteiger charge is -2.05. The molecule has 4 N–H and O–H groups in total. The zero-order valence-corrected chi connectivity index (χ0v) is 10.5. The Morgan fingerprint density at radius 2 is 2.00 bits per heavy atom. The normalized spacial score (nSPS) is 11.7. The number of guanidine groups is 1. The lowest BCUT2D eigenvalue weighted by molar-refractivity contribution is 0.0976. The van der Waals surface area contributed by atoms with Gasteiger partial charge in [-0.3, -0.25) is 10.1 Å². The number of hydrogen-bond acceptors (Lipinski definition) is 4. The van der Waals surface area contributed by atoms with Crippen LogP contribution in [0.1, 0.15) is 16.1 Å². The van der Waals surface area contributed by atoms with E-state index in [1.807, 2.05) is 6.07 Å². The summed E-state index contributed by atoms with van der Waals surface area (Å²) in [6, 6.07) is 12.0. The van der Waals surface area contributed by atoms with Crippen molar-refractivity contribution >= 4 is 18.1 Å². The van der Waals surface area contributed by atoms with Crippen LogP contribution >= 0.6 is 0 Å². The minimum absolute atomic E-state index is 0.0670. The van der Waals surface area contributed by atoms with Gasteiger partial charge in [-0.05, 0) is 24.3 Å². The number of carbonyl (C=O) groups is 1. The first kappa shape index (κ1) is 13.3. The number of nitrogens with zero attached hydrogens (tertiary/aromatic N) is 3. The molecule has 1 amide bonds. The summed E-state index contributed by atoms with van der Waals surface area (Å²) in [5.74, 6) is -0.418. The van der Waals surface area contributed by atoms with Crippen molar-refractivity contribution in [3.8, 4) is 0 Å². The summed E-state index contributed by atoms with van der Waals surface area (Å²) in [4.78, 5) is 11.8. The van der Waals surface area contributed by atoms with Crippen molar-refractivity contribution in [1.29, 1.82) is 0 Å². The highest BCUT2D eigenvalue weighted by Crippen LogP contribution is 1.99. The Bertz CT molecular complexity index is 646. The van der Waals surface area contributed by atoms with E-state index in [4.69, 9.17) is 10.9 Å². The van der Waals surface area contributed by atoms with E-state index in [9.17, 15) is 4.79 Å². The molecule has 1 aromatic heterocycles. The largest absolute Gasteiger partial charge is 0.411 e. The molecule has 0 fully saturated rings. The lowest BCUT2D eigenvalue weighted by atomic mass is 10.2. The number of carbonyl (C=O) groups excluding carboxylic acids is 1. The smallest absolute Gasteiger partial charge is 0.257 e. The van der Waals surface area contributed by atoms with Crippen LogP contribution in [0, 0.1) is 0 Å². The van der Waals surface area contributed by atoms with E-state index < -0.39 is 0 Å². The first-order valence-corrected chi connectivity index (χ1v) is 5.76. The zero-order chi connectivity index (χ0) is 14.4. The molecule has 0 saturated carbocycles. The Hall–Kier alpha value is -3.09. The molecule has 2 rings (SSSR count). The van der Waals surface area contributed by atoms with Gasteiger partial charge in [-0.25, -0.2) is 4.68 Å². The Morgan fingerprint density at radius 3 is 2.70 bits per heavy atom. The topological polar surface area (TPSA) is 105 Å². The number of nitrogens with one attached hydrogen (secondary N) is 1. The fourth-order valence-electron chi connectivity index (χ4n) is 1.56. The van der Waals surface area contributed by atoms with E-state index in [1.54, 1.807) is 42.6 Å². The van der Waals surface area contributed by atoms with Crippen molar-refractivity contribution in [1.82, 2.24) is 9.99 Å². The van der Waals surface area contributed by atoms with Crippen LogP contribution in [-0.4, -0.2) is 28.0 Å². The standard InChI is InChI=1S/C13H13N5O2/c14-13(16-12(19)10-5-2-1-3-6-10)17-18-8-4-7-11(18)9-15-20/h1-9,20H,(H3,14,16,17,19)/b15-9+. The number of amides is 1. The number of hydrogen-bond donors (Lipinski definition) is 3. The summed E-state index contributed by atoms with van der Waals surface area (Å²) in [5, 5.41) is 17.9. The van der Waals surface area contributed by atoms with E-state index in [2.05, 4.69) is 15.6 Å². The molecule has 0 aliphatic heterocycles. The molecule has 2 aromatic rings. The van der Waals surface area contributed by atoms with Crippen molar-refractivity contribution in [3.63, 3.8) is 0 Å². The van der Waals surface area contributed by atoms with Gasteiger partial charge in [0.05, 0.1) is 11.9 Å². The molecule has 1 heterocycles. The van der Waals surface area contributed by atoms with Gasteiger partial charge < -0.3 is 10.9 Å². The highest BCUT2D eigenvalue weighted by Gasteiger charge is 2.06. The fraction of sp³-hybridized carbons (Fsp3) is 0. The molecule has 0 spiro atoms. The van der Waals surface area contributed by atoms with Gasteiger partial charge in [0.15, 0.2) is 0 Å². The summed E-state index contributed by atoms with van der Waals surface area (Å²) in [6.07, 6.45) is 2.81. The summed E-state index contributed by atoms with van der Waals surface area (Å²) in [7, 11) is 0. The summed E-state index contributed by atoms with van der Waals surface area (Å²) in [5.41, 5.74) is 6.66. The zero-order valence-electron chi connectivity index (χ0n) is 10.5. The highest BCUT2D eigenvalue weighted by molar-refractivity contribution is 6.05. The molecule has 102 valence electrons. The molecule has 0 unspecified atom stereocenters. The molecule has 0 bridgehead atoms. The third-order valence-corrected chi connectivity index (χ3v) is 2.44. The average Bonchev–Trinajstić information content (AvgIpc) is 2.87. The van der Waals surface area contributed by atoms with E-state index in [1.165, 1.54) is 10.9 Å². The third-order valence-electron chi connectivity index (χ3n) is 2.44. The maximum absolute atomic E-state index is 11.8. The highest BCUT2D eigenvalue weighted by atomic mass is 16.4. The van der Waals surface area contributed by atoms with Gasteiger partial charge >= 0.3 is 0 Å². The molecule has 0 atom stereocenters. The van der Waals surface area contributed by atoms with E-state index in [0.717, 1.165) is 0 Å². The fourth-order valence-corrected chi connectivity index (χ4v) is 1.56. The maximum atomic E-state index is 11.8. The van der Waals surface area contributed by atoms with Crippen LogP contribution in [0.2, 0.25) is 0 Å². The molecule has 0 aliphatic rings. The second-order valence-corrected chi connectivity index (χ2v) is 3.83. The SMILES string of the molecule is NC(=Nn1cccc1/C=N/O)NC(=O)c1ccccc1. The molecule has 1 aromatic carbocycles. The predicted octanol–water partition coefficient (Wildman–Crippen LogP) is 0.804. The molecule has 0 saturated heterocycles. The van der Waals surface area contributed by atoms with Crippen molar-refractivity contribution in [2.45, 2.75) is 0 Å². The van der Waals surface area contributed by atoms with Crippen molar-refractivity contribution in [3.05, 3.63) is 59.9 Å². The Kier molecular flexibility index (Phi) is 4.13. The summed E-state index contributed by atoms with van der Waals surface area (Å²) in [6.45, 7) is 0. The molecular formula is C13H13N5O2. The van der Waals surface area contributed by atoms with Gasteiger partial charge in [0, 0.05) is 11.8 Å². The van der Waals surface area contributed by atoms with E-state index >= 15 is 0 Å². The van der Waals surface area contributed by atoms with Crippen molar-refractivity contribution < 1.29 is 10.0 Å². The Labute approximate surface area is 115 Å². The molecule has 0 radical (unpaired) electrons. The van der Waals surface area contributed by atoms with Gasteiger partial charge in [-0.15, -0.1) is 5.10 Å². The van der Waals surface area contributed by atoms with Gasteiger partial charge in [0.25, 0.3) is 5.91 Å². The van der Waals surface area contributed by atoms with Crippen LogP contribution in [0.4, 0.5) is 0 Å². The van der Waals surface area contributed by atoms with Crippen molar-refractivity contribution in [2.24, 2.45) is 16.0 Å². The molecular weight excluding hydrogens is 258 g/mol.